The van der Waals surface area contributed by atoms with Crippen molar-refractivity contribution in [2.24, 2.45) is 0 Å². The number of hydrogen-bond acceptors (Lipinski definition) is 0. The van der Waals surface area contributed by atoms with Crippen LogP contribution < -0.4 is 0 Å². The molecular formula is H6BeOSrTi. The van der Waals surface area contributed by atoms with E-state index in [1.165, 1.54) is 0 Å². The van der Waals surface area contributed by atoms with Crippen LogP contribution in [0.15, 0.2) is 0 Å². The van der Waals surface area contributed by atoms with E-state index < -0.39 is 0 Å². The average molecular weight is 167 g/mol. The maximum Gasteiger partial charge on any atom is 0 e. The van der Waals surface area contributed by atoms with E-state index in [2.05, 4.69) is 0 Å². The molecular weight excluding hydrogens is 160 g/mol. The molecule has 0 amide bonds. The molecule has 0 aliphatic rings. The molecule has 4 heavy (non-hydrogen) atoms. The van der Waals surface area contributed by atoms with Gasteiger partial charge in [-0.2, -0.15) is 0 Å². The van der Waals surface area contributed by atoms with Crippen molar-refractivity contribution < 1.29 is 27.2 Å². The molecule has 1 nitrogen and oxygen atoms in total. The molecule has 0 aromatic heterocycles. The second kappa shape index (κ2) is 18.4. The van der Waals surface area contributed by atoms with Crippen LogP contribution in [0.25, 0.3) is 0 Å². The normalized spacial score (nSPS) is 0. The fraction of sp³-hybridized carbons (Fsp3) is 0. The van der Waals surface area contributed by atoms with Crippen molar-refractivity contribution in [3.63, 3.8) is 0 Å². The van der Waals surface area contributed by atoms with E-state index in [0.29, 0.717) is 0 Å². The topological polar surface area (TPSA) is 31.5 Å². The number of rotatable bonds is 0. The van der Waals surface area contributed by atoms with Gasteiger partial charge in [0.1, 0.15) is 0 Å². The molecule has 0 saturated heterocycles. The summed E-state index contributed by atoms with van der Waals surface area (Å²) in [4.78, 5) is 0. The van der Waals surface area contributed by atoms with Crippen molar-refractivity contribution in [1.29, 1.82) is 0 Å². The molecule has 0 rings (SSSR count). The minimum absolute atomic E-state index is 0. The Hall–Kier alpha value is 2.32. The van der Waals surface area contributed by atoms with Crippen molar-refractivity contribution >= 4 is 55.6 Å². The van der Waals surface area contributed by atoms with Gasteiger partial charge in [0.25, 0.3) is 0 Å². The van der Waals surface area contributed by atoms with Gasteiger partial charge in [0.2, 0.25) is 0 Å². The zero-order valence-corrected chi connectivity index (χ0v) is 2.56. The minimum Gasteiger partial charge on any atom is 0 e. The molecule has 0 unspecified atom stereocenters. The summed E-state index contributed by atoms with van der Waals surface area (Å²) in [6, 6.07) is 0. The van der Waals surface area contributed by atoms with Crippen LogP contribution in [0.4, 0.5) is 0 Å². The standard InChI is InChI=1S/Be.H2O.Sr.Ti.4H/h;1H2;;;;;;. The molecule has 0 aliphatic carbocycles. The molecule has 0 saturated carbocycles. The van der Waals surface area contributed by atoms with Crippen molar-refractivity contribution in [1.82, 2.24) is 0 Å². The van der Waals surface area contributed by atoms with Crippen LogP contribution in [-0.2, 0) is 21.7 Å². The summed E-state index contributed by atoms with van der Waals surface area (Å²) >= 11 is 0. The Labute approximate surface area is 81.2 Å². The maximum absolute atomic E-state index is 0. The molecule has 0 heterocycles. The fourth-order valence-corrected chi connectivity index (χ4v) is 0. The Morgan fingerprint density at radius 2 is 1.00 bits per heavy atom. The molecule has 0 aromatic carbocycles. The predicted octanol–water partition coefficient (Wildman–Crippen LogP) is -2.66. The summed E-state index contributed by atoms with van der Waals surface area (Å²) in [5.74, 6) is 0. The van der Waals surface area contributed by atoms with Gasteiger partial charge >= 0.3 is 55.6 Å². The van der Waals surface area contributed by atoms with Gasteiger partial charge in [0, 0.05) is 21.7 Å². The van der Waals surface area contributed by atoms with E-state index in [1.807, 2.05) is 0 Å². The Balaban J connectivity index is 0. The second-order valence-electron chi connectivity index (χ2n) is 0. The van der Waals surface area contributed by atoms with E-state index >= 15 is 0 Å². The van der Waals surface area contributed by atoms with E-state index in [1.54, 1.807) is 0 Å². The van der Waals surface area contributed by atoms with Gasteiger partial charge in [-0.05, 0) is 0 Å². The monoisotopic (exact) mass is 167 g/mol. The van der Waals surface area contributed by atoms with Crippen LogP contribution in [0.3, 0.4) is 0 Å². The Bertz CT molecular complexity index is 8.00. The average Bonchev–Trinajstić information content (AvgIpc) is 0. The van der Waals surface area contributed by atoms with Crippen molar-refractivity contribution in [3.8, 4) is 0 Å². The third-order valence-corrected chi connectivity index (χ3v) is 0. The molecule has 0 radical (unpaired) electrons. The van der Waals surface area contributed by atoms with Gasteiger partial charge in [-0.1, -0.05) is 0 Å². The van der Waals surface area contributed by atoms with Gasteiger partial charge in [0.05, 0.1) is 0 Å². The third kappa shape index (κ3) is 8.85. The summed E-state index contributed by atoms with van der Waals surface area (Å²) in [7, 11) is 0. The van der Waals surface area contributed by atoms with Crippen molar-refractivity contribution in [2.45, 2.75) is 0 Å². The van der Waals surface area contributed by atoms with Crippen molar-refractivity contribution in [3.05, 3.63) is 0 Å². The van der Waals surface area contributed by atoms with Gasteiger partial charge in [-0.25, -0.2) is 0 Å². The molecule has 20 valence electrons. The Morgan fingerprint density at radius 1 is 1.00 bits per heavy atom. The molecule has 0 fully saturated rings. The molecule has 0 aromatic rings. The summed E-state index contributed by atoms with van der Waals surface area (Å²) in [6.07, 6.45) is 0. The van der Waals surface area contributed by atoms with Gasteiger partial charge in [-0.3, -0.25) is 0 Å². The maximum atomic E-state index is 0. The summed E-state index contributed by atoms with van der Waals surface area (Å²) in [5, 5.41) is 0. The molecule has 0 atom stereocenters. The Kier molecular flexibility index (Phi) is 153. The van der Waals surface area contributed by atoms with E-state index in [9.17, 15) is 0 Å². The third-order valence-electron chi connectivity index (χ3n) is 0. The minimum atomic E-state index is 0. The first kappa shape index (κ1) is 33.2. The summed E-state index contributed by atoms with van der Waals surface area (Å²) in [6.45, 7) is 0. The van der Waals surface area contributed by atoms with E-state index in [-0.39, 0.29) is 82.8 Å². The second-order valence-corrected chi connectivity index (χ2v) is 0. The van der Waals surface area contributed by atoms with E-state index in [0.717, 1.165) is 0 Å². The first-order chi connectivity index (χ1) is 0. The fourth-order valence-electron chi connectivity index (χ4n) is 0. The molecule has 0 spiro atoms. The zero-order valence-electron chi connectivity index (χ0n) is 1.00. The molecule has 0 bridgehead atoms. The summed E-state index contributed by atoms with van der Waals surface area (Å²) < 4.78 is 0. The molecule has 4 heteroatoms. The van der Waals surface area contributed by atoms with Gasteiger partial charge < -0.3 is 5.48 Å². The quantitative estimate of drug-likeness (QED) is 0.352. The van der Waals surface area contributed by atoms with Gasteiger partial charge in [-0.15, -0.1) is 0 Å². The summed E-state index contributed by atoms with van der Waals surface area (Å²) in [5.41, 5.74) is 0. The van der Waals surface area contributed by atoms with Gasteiger partial charge in [0.15, 0.2) is 0 Å². The Morgan fingerprint density at radius 3 is 1.00 bits per heavy atom. The zero-order chi connectivity index (χ0) is 0. The van der Waals surface area contributed by atoms with Crippen LogP contribution in [0, 0.1) is 0 Å². The smallest absolute Gasteiger partial charge is 0 e. The number of hydrogen-bond donors (Lipinski definition) is 0. The van der Waals surface area contributed by atoms with Crippen LogP contribution in [-0.4, -0.2) is 61.1 Å². The van der Waals surface area contributed by atoms with Crippen LogP contribution in [0.2, 0.25) is 0 Å². The van der Waals surface area contributed by atoms with Crippen LogP contribution in [0.1, 0.15) is 0 Å². The van der Waals surface area contributed by atoms with Crippen LogP contribution in [0.5, 0.6) is 0 Å². The molecule has 2 N–H and O–H groups in total. The SMILES string of the molecule is O.[BeH2].[SrH2].[Ti]. The largest absolute Gasteiger partial charge is 0 e. The van der Waals surface area contributed by atoms with E-state index in [4.69, 9.17) is 0 Å². The molecule has 0 aliphatic heterocycles. The predicted molar refractivity (Wildman–Crippen MR) is 20.7 cm³/mol. The van der Waals surface area contributed by atoms with Crippen LogP contribution >= 0.6 is 0 Å². The first-order valence-electron chi connectivity index (χ1n) is 0. The first-order valence-corrected chi connectivity index (χ1v) is 0. The van der Waals surface area contributed by atoms with Crippen molar-refractivity contribution in [2.75, 3.05) is 0 Å².